The standard InChI is InChI=1S/C41H47N3O5Si/c1-27-37(22-15-28-13-16-31(17-14-28)44-41(47)35-11-7-8-12-36(35)42-44)49-38(40(27)50(3,4)34-20-18-33(48-2)19-21-34)24-39(46)43-25-30-10-6-5-9-29(30)23-32(43)26-45/h5-14,16-21,27,32,37-38,40,42,45H,15,22-26H2,1-4H3/t27-,32-,37+,38-,40+/m0/s1. The maximum atomic E-state index is 14.2. The number of aliphatic hydroxyl groups is 1. The van der Waals surface area contributed by atoms with Gasteiger partial charge in [0.05, 0.1) is 63.1 Å². The van der Waals surface area contributed by atoms with E-state index < -0.39 is 8.07 Å². The lowest BCUT2D eigenvalue weighted by atomic mass is 9.93. The number of aromatic amines is 1. The number of fused-ring (bicyclic) bond motifs is 2. The minimum Gasteiger partial charge on any atom is -0.497 e. The van der Waals surface area contributed by atoms with Gasteiger partial charge in [0, 0.05) is 6.54 Å². The molecule has 4 aromatic carbocycles. The topological polar surface area (TPSA) is 96.8 Å². The van der Waals surface area contributed by atoms with Crippen LogP contribution in [0.5, 0.6) is 5.75 Å². The van der Waals surface area contributed by atoms with Crippen molar-refractivity contribution in [1.29, 1.82) is 0 Å². The van der Waals surface area contributed by atoms with Gasteiger partial charge in [-0.1, -0.05) is 85.9 Å². The van der Waals surface area contributed by atoms with E-state index in [9.17, 15) is 14.7 Å². The molecule has 3 heterocycles. The number of aryl methyl sites for hydroxylation is 1. The van der Waals surface area contributed by atoms with Crippen LogP contribution in [0.2, 0.25) is 18.6 Å². The van der Waals surface area contributed by atoms with E-state index in [1.165, 1.54) is 16.3 Å². The van der Waals surface area contributed by atoms with Crippen molar-refractivity contribution in [2.75, 3.05) is 13.7 Å². The third kappa shape index (κ3) is 6.45. The van der Waals surface area contributed by atoms with Crippen LogP contribution < -0.4 is 15.5 Å². The molecule has 5 atom stereocenters. The first-order chi connectivity index (χ1) is 24.2. The number of nitrogens with one attached hydrogen (secondary N) is 1. The molecule has 1 amide bonds. The number of hydrogen-bond donors (Lipinski definition) is 2. The maximum Gasteiger partial charge on any atom is 0.279 e. The van der Waals surface area contributed by atoms with E-state index in [1.807, 2.05) is 65.6 Å². The summed E-state index contributed by atoms with van der Waals surface area (Å²) in [5.74, 6) is 1.12. The Balaban J connectivity index is 1.11. The number of rotatable bonds is 10. The summed E-state index contributed by atoms with van der Waals surface area (Å²) in [5, 5.41) is 15.5. The largest absolute Gasteiger partial charge is 0.497 e. The van der Waals surface area contributed by atoms with Crippen LogP contribution in [0.15, 0.2) is 102 Å². The lowest BCUT2D eigenvalue weighted by Gasteiger charge is -2.39. The first-order valence-electron chi connectivity index (χ1n) is 17.7. The van der Waals surface area contributed by atoms with Gasteiger partial charge in [-0.05, 0) is 83.8 Å². The Labute approximate surface area is 294 Å². The van der Waals surface area contributed by atoms with Gasteiger partial charge >= 0.3 is 0 Å². The molecule has 2 aliphatic rings. The molecule has 0 bridgehead atoms. The zero-order valence-corrected chi connectivity index (χ0v) is 30.3. The summed E-state index contributed by atoms with van der Waals surface area (Å²) in [6.45, 7) is 7.55. The Morgan fingerprint density at radius 3 is 2.34 bits per heavy atom. The zero-order chi connectivity index (χ0) is 35.0. The molecule has 8 nitrogen and oxygen atoms in total. The van der Waals surface area contributed by atoms with E-state index in [-0.39, 0.29) is 47.8 Å². The molecule has 7 rings (SSSR count). The van der Waals surface area contributed by atoms with E-state index >= 15 is 0 Å². The molecule has 0 unspecified atom stereocenters. The third-order valence-electron chi connectivity index (χ3n) is 11.3. The Kier molecular flexibility index (Phi) is 9.56. The maximum absolute atomic E-state index is 14.2. The zero-order valence-electron chi connectivity index (χ0n) is 29.3. The van der Waals surface area contributed by atoms with Crippen molar-refractivity contribution >= 4 is 30.1 Å². The van der Waals surface area contributed by atoms with Gasteiger partial charge in [-0.15, -0.1) is 0 Å². The minimum absolute atomic E-state index is 0.00505. The van der Waals surface area contributed by atoms with Gasteiger partial charge in [0.1, 0.15) is 5.75 Å². The van der Waals surface area contributed by atoms with Crippen LogP contribution in [0.25, 0.3) is 16.6 Å². The smallest absolute Gasteiger partial charge is 0.279 e. The second-order valence-electron chi connectivity index (χ2n) is 14.6. The quantitative estimate of drug-likeness (QED) is 0.176. The van der Waals surface area contributed by atoms with Crippen molar-refractivity contribution in [3.63, 3.8) is 0 Å². The SMILES string of the molecule is COc1ccc([Si](C)(C)[C@@H]2[C@@H](C)[C@@H](CCc3ccc(-n4[nH]c5ccccc5c4=O)cc3)O[C@H]2CC(=O)N2Cc3ccccc3C[C@H]2CO)cc1. The number of carbonyl (C=O) groups excluding carboxylic acids is 1. The van der Waals surface area contributed by atoms with Crippen LogP contribution >= 0.6 is 0 Å². The van der Waals surface area contributed by atoms with Crippen molar-refractivity contribution < 1.29 is 19.4 Å². The van der Waals surface area contributed by atoms with E-state index in [2.05, 4.69) is 61.5 Å². The fourth-order valence-electron chi connectivity index (χ4n) is 8.54. The Bertz CT molecular complexity index is 2020. The molecule has 0 spiro atoms. The Morgan fingerprint density at radius 2 is 1.64 bits per heavy atom. The van der Waals surface area contributed by atoms with Gasteiger partial charge in [-0.3, -0.25) is 14.7 Å². The van der Waals surface area contributed by atoms with Crippen LogP contribution in [0.4, 0.5) is 0 Å². The van der Waals surface area contributed by atoms with E-state index in [0.29, 0.717) is 24.8 Å². The third-order valence-corrected chi connectivity index (χ3v) is 15.7. The predicted octanol–water partition coefficient (Wildman–Crippen LogP) is 5.99. The van der Waals surface area contributed by atoms with Gasteiger partial charge in [0.2, 0.25) is 5.91 Å². The molecule has 50 heavy (non-hydrogen) atoms. The molecule has 9 heteroatoms. The number of amides is 1. The lowest BCUT2D eigenvalue weighted by molar-refractivity contribution is -0.138. The van der Waals surface area contributed by atoms with Gasteiger partial charge in [0.15, 0.2) is 0 Å². The Morgan fingerprint density at radius 1 is 0.940 bits per heavy atom. The summed E-state index contributed by atoms with van der Waals surface area (Å²) in [6, 6.07) is 32.1. The number of aromatic nitrogens is 2. The van der Waals surface area contributed by atoms with Crippen molar-refractivity contribution in [3.05, 3.63) is 124 Å². The minimum atomic E-state index is -2.16. The second kappa shape index (κ2) is 14.1. The van der Waals surface area contributed by atoms with Crippen LogP contribution in [0.1, 0.15) is 36.5 Å². The van der Waals surface area contributed by atoms with Crippen LogP contribution in [0, 0.1) is 5.92 Å². The molecule has 1 saturated heterocycles. The predicted molar refractivity (Wildman–Crippen MR) is 200 cm³/mol. The number of methoxy groups -OCH3 is 1. The van der Waals surface area contributed by atoms with Crippen LogP contribution in [0.3, 0.4) is 0 Å². The van der Waals surface area contributed by atoms with Crippen molar-refractivity contribution in [1.82, 2.24) is 14.7 Å². The average Bonchev–Trinajstić information content (AvgIpc) is 3.65. The number of para-hydroxylation sites is 1. The van der Waals surface area contributed by atoms with Crippen LogP contribution in [-0.2, 0) is 28.9 Å². The van der Waals surface area contributed by atoms with Crippen molar-refractivity contribution in [2.24, 2.45) is 5.92 Å². The molecule has 5 aromatic rings. The van der Waals surface area contributed by atoms with Gasteiger partial charge in [0.25, 0.3) is 5.56 Å². The number of aliphatic hydroxyl groups excluding tert-OH is 1. The Hall–Kier alpha value is -4.44. The molecule has 2 N–H and O–H groups in total. The van der Waals surface area contributed by atoms with Crippen LogP contribution in [-0.4, -0.2) is 65.7 Å². The van der Waals surface area contributed by atoms with E-state index in [0.717, 1.165) is 35.4 Å². The summed E-state index contributed by atoms with van der Waals surface area (Å²) < 4.78 is 14.0. The number of H-pyrrole nitrogens is 1. The summed E-state index contributed by atoms with van der Waals surface area (Å²) in [6.07, 6.45) is 2.38. The fraction of sp³-hybridized carbons (Fsp3) is 0.366. The van der Waals surface area contributed by atoms with Gasteiger partial charge in [-0.25, -0.2) is 4.68 Å². The highest BCUT2D eigenvalue weighted by molar-refractivity contribution is 6.91. The normalized spacial score (nSPS) is 22.1. The highest BCUT2D eigenvalue weighted by Gasteiger charge is 2.51. The lowest BCUT2D eigenvalue weighted by Crippen LogP contribution is -2.52. The van der Waals surface area contributed by atoms with Gasteiger partial charge < -0.3 is 19.5 Å². The number of carbonyl (C=O) groups is 1. The molecular weight excluding hydrogens is 643 g/mol. The molecule has 1 aromatic heterocycles. The molecule has 260 valence electrons. The number of nitrogens with zero attached hydrogens (tertiary/aromatic N) is 2. The highest BCUT2D eigenvalue weighted by Crippen LogP contribution is 2.47. The number of benzene rings is 4. The summed E-state index contributed by atoms with van der Waals surface area (Å²) in [5.41, 5.74) is 5.29. The molecule has 0 saturated carbocycles. The monoisotopic (exact) mass is 689 g/mol. The van der Waals surface area contributed by atoms with Crippen molar-refractivity contribution in [2.45, 2.75) is 76.0 Å². The summed E-state index contributed by atoms with van der Waals surface area (Å²) >= 11 is 0. The molecule has 0 radical (unpaired) electrons. The highest BCUT2D eigenvalue weighted by atomic mass is 28.3. The fourth-order valence-corrected chi connectivity index (χ4v) is 12.6. The first-order valence-corrected chi connectivity index (χ1v) is 20.8. The second-order valence-corrected chi connectivity index (χ2v) is 19.3. The average molecular weight is 690 g/mol. The summed E-state index contributed by atoms with van der Waals surface area (Å²) in [4.78, 5) is 29.0. The summed E-state index contributed by atoms with van der Waals surface area (Å²) in [7, 11) is -0.473. The first kappa shape index (κ1) is 34.0. The molecule has 0 aliphatic carbocycles. The molecular formula is C41H47N3O5Si. The van der Waals surface area contributed by atoms with E-state index in [1.54, 1.807) is 11.8 Å². The van der Waals surface area contributed by atoms with Crippen molar-refractivity contribution in [3.8, 4) is 11.4 Å². The van der Waals surface area contributed by atoms with Gasteiger partial charge in [-0.2, -0.15) is 0 Å². The molecule has 2 aliphatic heterocycles. The number of hydrogen-bond acceptors (Lipinski definition) is 5. The molecule has 1 fully saturated rings. The number of ether oxygens (including phenoxy) is 2. The van der Waals surface area contributed by atoms with E-state index in [4.69, 9.17) is 9.47 Å².